The summed E-state index contributed by atoms with van der Waals surface area (Å²) < 4.78 is 8.15. The van der Waals surface area contributed by atoms with Crippen molar-refractivity contribution >= 4 is 0 Å². The lowest BCUT2D eigenvalue weighted by molar-refractivity contribution is 0.0419. The van der Waals surface area contributed by atoms with Gasteiger partial charge in [-0.1, -0.05) is 6.92 Å². The zero-order chi connectivity index (χ0) is 11.8. The number of hydrogen-bond donors (Lipinski definition) is 1. The SMILES string of the molecule is CC1CCn2c(nnc2C2CCC(CN)O2)C1. The second kappa shape index (κ2) is 4.38. The van der Waals surface area contributed by atoms with E-state index in [0.29, 0.717) is 6.54 Å². The Morgan fingerprint density at radius 2 is 2.24 bits per heavy atom. The van der Waals surface area contributed by atoms with Gasteiger partial charge in [0.05, 0.1) is 6.10 Å². The van der Waals surface area contributed by atoms with E-state index in [9.17, 15) is 0 Å². The molecule has 3 atom stereocenters. The molecule has 0 amide bonds. The molecule has 94 valence electrons. The number of nitrogens with two attached hydrogens (primary N) is 1. The summed E-state index contributed by atoms with van der Waals surface area (Å²) in [5.74, 6) is 2.86. The minimum absolute atomic E-state index is 0.109. The van der Waals surface area contributed by atoms with Gasteiger partial charge >= 0.3 is 0 Å². The summed E-state index contributed by atoms with van der Waals surface area (Å²) in [6.07, 6.45) is 4.63. The van der Waals surface area contributed by atoms with E-state index in [-0.39, 0.29) is 12.2 Å². The Labute approximate surface area is 101 Å². The van der Waals surface area contributed by atoms with Crippen molar-refractivity contribution in [3.8, 4) is 0 Å². The Balaban J connectivity index is 1.80. The Morgan fingerprint density at radius 3 is 3.00 bits per heavy atom. The van der Waals surface area contributed by atoms with Crippen molar-refractivity contribution in [3.63, 3.8) is 0 Å². The van der Waals surface area contributed by atoms with E-state index in [0.717, 1.165) is 43.4 Å². The quantitative estimate of drug-likeness (QED) is 0.833. The van der Waals surface area contributed by atoms with Crippen molar-refractivity contribution in [2.24, 2.45) is 11.7 Å². The summed E-state index contributed by atoms with van der Waals surface area (Å²) >= 11 is 0. The third-order valence-electron chi connectivity index (χ3n) is 3.89. The topological polar surface area (TPSA) is 66.0 Å². The predicted molar refractivity (Wildman–Crippen MR) is 63.4 cm³/mol. The fourth-order valence-electron chi connectivity index (χ4n) is 2.81. The van der Waals surface area contributed by atoms with Crippen LogP contribution in [0.2, 0.25) is 0 Å². The first-order valence-corrected chi connectivity index (χ1v) is 6.55. The highest BCUT2D eigenvalue weighted by Gasteiger charge is 2.31. The molecule has 2 aliphatic heterocycles. The Bertz CT molecular complexity index is 403. The Hall–Kier alpha value is -0.940. The normalized spacial score (nSPS) is 32.7. The van der Waals surface area contributed by atoms with Gasteiger partial charge < -0.3 is 15.0 Å². The lowest BCUT2D eigenvalue weighted by Crippen LogP contribution is -2.22. The Kier molecular flexibility index (Phi) is 2.88. The van der Waals surface area contributed by atoms with Gasteiger partial charge in [-0.3, -0.25) is 0 Å². The molecule has 2 N–H and O–H groups in total. The number of aromatic nitrogens is 3. The van der Waals surface area contributed by atoms with Gasteiger partial charge in [0.2, 0.25) is 0 Å². The molecular weight excluding hydrogens is 216 g/mol. The molecule has 2 aliphatic rings. The van der Waals surface area contributed by atoms with Gasteiger partial charge in [-0.2, -0.15) is 0 Å². The molecule has 1 aromatic heterocycles. The molecule has 3 unspecified atom stereocenters. The molecule has 17 heavy (non-hydrogen) atoms. The van der Waals surface area contributed by atoms with Crippen molar-refractivity contribution in [1.82, 2.24) is 14.8 Å². The highest BCUT2D eigenvalue weighted by Crippen LogP contribution is 2.33. The first-order valence-electron chi connectivity index (χ1n) is 6.55. The van der Waals surface area contributed by atoms with Crippen LogP contribution in [0.1, 0.15) is 43.9 Å². The van der Waals surface area contributed by atoms with E-state index in [1.807, 2.05) is 0 Å². The van der Waals surface area contributed by atoms with Crippen LogP contribution in [-0.2, 0) is 17.7 Å². The molecule has 5 nitrogen and oxygen atoms in total. The first kappa shape index (κ1) is 11.2. The summed E-state index contributed by atoms with van der Waals surface area (Å²) in [5.41, 5.74) is 5.64. The van der Waals surface area contributed by atoms with Crippen LogP contribution >= 0.6 is 0 Å². The fourth-order valence-corrected chi connectivity index (χ4v) is 2.81. The van der Waals surface area contributed by atoms with Gasteiger partial charge in [0.15, 0.2) is 5.82 Å². The van der Waals surface area contributed by atoms with E-state index < -0.39 is 0 Å². The van der Waals surface area contributed by atoms with Gasteiger partial charge in [0.25, 0.3) is 0 Å². The van der Waals surface area contributed by atoms with E-state index in [1.54, 1.807) is 0 Å². The number of rotatable bonds is 2. The third kappa shape index (κ3) is 1.98. The van der Waals surface area contributed by atoms with E-state index in [4.69, 9.17) is 10.5 Å². The Morgan fingerprint density at radius 1 is 1.35 bits per heavy atom. The molecule has 1 saturated heterocycles. The highest BCUT2D eigenvalue weighted by molar-refractivity contribution is 5.04. The maximum atomic E-state index is 5.90. The maximum absolute atomic E-state index is 5.90. The molecule has 1 fully saturated rings. The lowest BCUT2D eigenvalue weighted by atomic mass is 10.00. The van der Waals surface area contributed by atoms with Crippen molar-refractivity contribution in [3.05, 3.63) is 11.6 Å². The van der Waals surface area contributed by atoms with E-state index in [2.05, 4.69) is 21.7 Å². The summed E-state index contributed by atoms with van der Waals surface area (Å²) in [5, 5.41) is 8.63. The number of ether oxygens (including phenoxy) is 1. The monoisotopic (exact) mass is 236 g/mol. The van der Waals surface area contributed by atoms with Crippen LogP contribution in [0.25, 0.3) is 0 Å². The van der Waals surface area contributed by atoms with Gasteiger partial charge in [-0.25, -0.2) is 0 Å². The van der Waals surface area contributed by atoms with Gasteiger partial charge in [-0.15, -0.1) is 10.2 Å². The van der Waals surface area contributed by atoms with Crippen LogP contribution in [0.15, 0.2) is 0 Å². The highest BCUT2D eigenvalue weighted by atomic mass is 16.5. The van der Waals surface area contributed by atoms with Crippen molar-refractivity contribution in [1.29, 1.82) is 0 Å². The molecule has 0 spiro atoms. The molecule has 3 rings (SSSR count). The smallest absolute Gasteiger partial charge is 0.162 e. The van der Waals surface area contributed by atoms with Gasteiger partial charge in [0.1, 0.15) is 11.9 Å². The molecule has 0 bridgehead atoms. The minimum Gasteiger partial charge on any atom is -0.366 e. The van der Waals surface area contributed by atoms with Crippen LogP contribution < -0.4 is 5.73 Å². The van der Waals surface area contributed by atoms with E-state index in [1.165, 1.54) is 6.42 Å². The molecular formula is C12H20N4O. The second-order valence-electron chi connectivity index (χ2n) is 5.28. The predicted octanol–water partition coefficient (Wildman–Crippen LogP) is 1.04. The van der Waals surface area contributed by atoms with Crippen LogP contribution in [-0.4, -0.2) is 27.4 Å². The average Bonchev–Trinajstić information content (AvgIpc) is 2.93. The molecule has 0 aromatic carbocycles. The van der Waals surface area contributed by atoms with Crippen molar-refractivity contribution in [2.45, 2.75) is 51.4 Å². The van der Waals surface area contributed by atoms with Crippen LogP contribution in [0, 0.1) is 5.92 Å². The summed E-state index contributed by atoms with van der Waals surface area (Å²) in [4.78, 5) is 0. The molecule has 0 saturated carbocycles. The molecule has 3 heterocycles. The molecule has 0 radical (unpaired) electrons. The van der Waals surface area contributed by atoms with Crippen LogP contribution in [0.4, 0.5) is 0 Å². The molecule has 1 aromatic rings. The first-order chi connectivity index (χ1) is 8.28. The van der Waals surface area contributed by atoms with E-state index >= 15 is 0 Å². The van der Waals surface area contributed by atoms with Crippen molar-refractivity contribution in [2.75, 3.05) is 6.54 Å². The lowest BCUT2D eigenvalue weighted by Gasteiger charge is -2.21. The number of fused-ring (bicyclic) bond motifs is 1. The van der Waals surface area contributed by atoms with Crippen LogP contribution in [0.3, 0.4) is 0 Å². The summed E-state index contributed by atoms with van der Waals surface area (Å²) in [7, 11) is 0. The zero-order valence-electron chi connectivity index (χ0n) is 10.3. The van der Waals surface area contributed by atoms with Crippen molar-refractivity contribution < 1.29 is 4.74 Å². The number of hydrogen-bond acceptors (Lipinski definition) is 4. The maximum Gasteiger partial charge on any atom is 0.162 e. The zero-order valence-corrected chi connectivity index (χ0v) is 10.3. The molecule has 5 heteroatoms. The summed E-state index contributed by atoms with van der Waals surface area (Å²) in [6, 6.07) is 0. The van der Waals surface area contributed by atoms with Gasteiger partial charge in [0, 0.05) is 19.5 Å². The van der Waals surface area contributed by atoms with Gasteiger partial charge in [-0.05, 0) is 25.2 Å². The number of nitrogens with zero attached hydrogens (tertiary/aromatic N) is 3. The molecule has 0 aliphatic carbocycles. The second-order valence-corrected chi connectivity index (χ2v) is 5.28. The van der Waals surface area contributed by atoms with Crippen LogP contribution in [0.5, 0.6) is 0 Å². The minimum atomic E-state index is 0.109. The summed E-state index contributed by atoms with van der Waals surface area (Å²) in [6.45, 7) is 3.91. The average molecular weight is 236 g/mol. The largest absolute Gasteiger partial charge is 0.366 e. The fraction of sp³-hybridized carbons (Fsp3) is 0.833. The standard InChI is InChI=1S/C12H20N4O/c1-8-4-5-16-11(6-8)14-15-12(16)10-3-2-9(7-13)17-10/h8-10H,2-7,13H2,1H3. The third-order valence-corrected chi connectivity index (χ3v) is 3.89.